The monoisotopic (exact) mass is 302 g/mol. The summed E-state index contributed by atoms with van der Waals surface area (Å²) in [6, 6.07) is 0. The second kappa shape index (κ2) is 6.30. The number of alkyl halides is 6. The van der Waals surface area contributed by atoms with E-state index in [0.29, 0.717) is 0 Å². The van der Waals surface area contributed by atoms with Crippen LogP contribution in [0.1, 0.15) is 12.8 Å². The molecule has 0 rings (SSSR count). The summed E-state index contributed by atoms with van der Waals surface area (Å²) in [5.74, 6) is -3.73. The molecule has 106 valence electrons. The first-order valence-electron chi connectivity index (χ1n) is 4.14. The van der Waals surface area contributed by atoms with E-state index in [2.05, 4.69) is 0 Å². The molecule has 0 spiro atoms. The van der Waals surface area contributed by atoms with Gasteiger partial charge in [0.05, 0.1) is 23.6 Å². The second-order valence-corrected chi connectivity index (χ2v) is 4.17. The van der Waals surface area contributed by atoms with Gasteiger partial charge in [-0.25, -0.2) is 8.78 Å². The summed E-state index contributed by atoms with van der Waals surface area (Å²) in [6.07, 6.45) is -13.8. The second-order valence-electron chi connectivity index (χ2n) is 3.04. The Bertz CT molecular complexity index is 330. The van der Waals surface area contributed by atoms with Gasteiger partial charge in [-0.1, -0.05) is 0 Å². The highest BCUT2D eigenvalue weighted by molar-refractivity contribution is 7.90. The van der Waals surface area contributed by atoms with E-state index in [1.54, 1.807) is 0 Å². The predicted molar refractivity (Wildman–Crippen MR) is 47.9 cm³/mol. The van der Waals surface area contributed by atoms with Crippen LogP contribution < -0.4 is 0 Å². The number of hydrogen-bond donors (Lipinski definition) is 0. The summed E-state index contributed by atoms with van der Waals surface area (Å²) in [7, 11) is -2.72. The van der Waals surface area contributed by atoms with Crippen LogP contribution in [0, 0.1) is 0 Å². The molecule has 0 aliphatic heterocycles. The standard InChI is InChI=1S/C8H6F8OS/c9-5(1-7(11,12)13)3-18(17)4-6(10)2-8(14,15)16/h3-4H,1-2H2. The minimum atomic E-state index is -4.89. The topological polar surface area (TPSA) is 17.1 Å². The van der Waals surface area contributed by atoms with Crippen molar-refractivity contribution in [2.75, 3.05) is 0 Å². The molecule has 0 aromatic rings. The van der Waals surface area contributed by atoms with Gasteiger partial charge in [0.1, 0.15) is 11.7 Å². The zero-order valence-corrected chi connectivity index (χ0v) is 9.23. The molecule has 0 bridgehead atoms. The van der Waals surface area contributed by atoms with E-state index in [0.717, 1.165) is 0 Å². The van der Waals surface area contributed by atoms with Crippen molar-refractivity contribution < 1.29 is 39.3 Å². The van der Waals surface area contributed by atoms with Crippen LogP contribution in [-0.2, 0) is 10.8 Å². The zero-order valence-electron chi connectivity index (χ0n) is 8.41. The highest BCUT2D eigenvalue weighted by atomic mass is 32.2. The Kier molecular flexibility index (Phi) is 5.97. The number of hydrogen-bond acceptors (Lipinski definition) is 1. The van der Waals surface area contributed by atoms with Crippen molar-refractivity contribution in [3.05, 3.63) is 22.5 Å². The van der Waals surface area contributed by atoms with Gasteiger partial charge in [0.25, 0.3) is 0 Å². The van der Waals surface area contributed by atoms with E-state index in [4.69, 9.17) is 0 Å². The maximum Gasteiger partial charge on any atom is 0.395 e. The molecule has 0 aliphatic carbocycles. The molecule has 0 aliphatic rings. The molecule has 18 heavy (non-hydrogen) atoms. The lowest BCUT2D eigenvalue weighted by Crippen LogP contribution is -2.07. The lowest BCUT2D eigenvalue weighted by atomic mass is 10.4. The van der Waals surface area contributed by atoms with E-state index in [9.17, 15) is 39.3 Å². The molecule has 0 atom stereocenters. The Hall–Kier alpha value is -0.930. The van der Waals surface area contributed by atoms with E-state index in [1.165, 1.54) is 0 Å². The average molecular weight is 302 g/mol. The van der Waals surface area contributed by atoms with Crippen molar-refractivity contribution in [3.63, 3.8) is 0 Å². The van der Waals surface area contributed by atoms with Gasteiger partial charge >= 0.3 is 12.4 Å². The van der Waals surface area contributed by atoms with Gasteiger partial charge in [-0.3, -0.25) is 4.21 Å². The molecule has 0 saturated carbocycles. The average Bonchev–Trinajstić information content (AvgIpc) is 1.92. The molecular formula is C8H6F8OS. The molecular weight excluding hydrogens is 296 g/mol. The quantitative estimate of drug-likeness (QED) is 0.709. The third-order valence-corrected chi connectivity index (χ3v) is 2.20. The SMILES string of the molecule is O=S(C=C(F)CC(F)(F)F)C=C(F)CC(F)(F)F. The van der Waals surface area contributed by atoms with E-state index in [1.807, 2.05) is 0 Å². The van der Waals surface area contributed by atoms with Crippen molar-refractivity contribution in [2.24, 2.45) is 0 Å². The van der Waals surface area contributed by atoms with Gasteiger partial charge in [0, 0.05) is 10.8 Å². The van der Waals surface area contributed by atoms with Crippen LogP contribution in [0.3, 0.4) is 0 Å². The first-order valence-corrected chi connectivity index (χ1v) is 5.42. The Morgan fingerprint density at radius 1 is 0.833 bits per heavy atom. The minimum absolute atomic E-state index is 0.108. The molecule has 0 saturated heterocycles. The summed E-state index contributed by atoms with van der Waals surface area (Å²) >= 11 is 0. The summed E-state index contributed by atoms with van der Waals surface area (Å²) in [5.41, 5.74) is 0. The maximum atomic E-state index is 12.5. The molecule has 0 fully saturated rings. The number of halogens is 8. The molecule has 0 N–H and O–H groups in total. The molecule has 0 aromatic heterocycles. The molecule has 0 aromatic carbocycles. The van der Waals surface area contributed by atoms with Gasteiger partial charge in [0.15, 0.2) is 0 Å². The molecule has 0 heterocycles. The zero-order chi connectivity index (χ0) is 14.6. The highest BCUT2D eigenvalue weighted by Crippen LogP contribution is 2.27. The van der Waals surface area contributed by atoms with Gasteiger partial charge in [-0.05, 0) is 0 Å². The van der Waals surface area contributed by atoms with Crippen LogP contribution in [0.15, 0.2) is 22.5 Å². The first-order chi connectivity index (χ1) is 7.89. The van der Waals surface area contributed by atoms with Crippen LogP contribution in [0.4, 0.5) is 35.1 Å². The fourth-order valence-corrected chi connectivity index (χ4v) is 1.49. The summed E-state index contributed by atoms with van der Waals surface area (Å²) in [5, 5.41) is -0.215. The lowest BCUT2D eigenvalue weighted by molar-refractivity contribution is -0.130. The summed E-state index contributed by atoms with van der Waals surface area (Å²) < 4.78 is 106. The van der Waals surface area contributed by atoms with Gasteiger partial charge in [-0.15, -0.1) is 0 Å². The normalized spacial score (nSPS) is 16.9. The fraction of sp³-hybridized carbons (Fsp3) is 0.500. The smallest absolute Gasteiger partial charge is 0.250 e. The number of rotatable bonds is 4. The molecule has 1 nitrogen and oxygen atoms in total. The maximum absolute atomic E-state index is 12.5. The Morgan fingerprint density at radius 3 is 1.33 bits per heavy atom. The Balaban J connectivity index is 4.59. The summed E-state index contributed by atoms with van der Waals surface area (Å²) in [6.45, 7) is 0. The largest absolute Gasteiger partial charge is 0.395 e. The van der Waals surface area contributed by atoms with Gasteiger partial charge < -0.3 is 0 Å². The van der Waals surface area contributed by atoms with Crippen molar-refractivity contribution in [1.29, 1.82) is 0 Å². The third-order valence-electron chi connectivity index (χ3n) is 1.23. The lowest BCUT2D eigenvalue weighted by Gasteiger charge is -2.03. The van der Waals surface area contributed by atoms with Crippen LogP contribution in [0.5, 0.6) is 0 Å². The van der Waals surface area contributed by atoms with Crippen molar-refractivity contribution >= 4 is 10.8 Å². The van der Waals surface area contributed by atoms with Crippen molar-refractivity contribution in [2.45, 2.75) is 25.2 Å². The van der Waals surface area contributed by atoms with Gasteiger partial charge in [0.2, 0.25) is 0 Å². The van der Waals surface area contributed by atoms with Crippen molar-refractivity contribution in [3.8, 4) is 0 Å². The van der Waals surface area contributed by atoms with E-state index >= 15 is 0 Å². The van der Waals surface area contributed by atoms with Crippen LogP contribution >= 0.6 is 0 Å². The Labute approximate surface area is 98.6 Å². The first kappa shape index (κ1) is 17.1. The van der Waals surface area contributed by atoms with Crippen LogP contribution in [-0.4, -0.2) is 16.6 Å². The van der Waals surface area contributed by atoms with Gasteiger partial charge in [-0.2, -0.15) is 26.3 Å². The number of allylic oxidation sites excluding steroid dienone is 2. The summed E-state index contributed by atoms with van der Waals surface area (Å²) in [4.78, 5) is 0. The fourth-order valence-electron chi connectivity index (χ4n) is 0.752. The van der Waals surface area contributed by atoms with E-state index in [-0.39, 0.29) is 10.8 Å². The van der Waals surface area contributed by atoms with Crippen LogP contribution in [0.2, 0.25) is 0 Å². The molecule has 0 radical (unpaired) electrons. The third kappa shape index (κ3) is 10.2. The predicted octanol–water partition coefficient (Wildman–Crippen LogP) is 4.26. The Morgan fingerprint density at radius 2 is 1.11 bits per heavy atom. The highest BCUT2D eigenvalue weighted by Gasteiger charge is 2.30. The molecule has 0 amide bonds. The minimum Gasteiger partial charge on any atom is -0.250 e. The molecule has 10 heteroatoms. The molecule has 0 unspecified atom stereocenters. The van der Waals surface area contributed by atoms with Crippen LogP contribution in [0.25, 0.3) is 0 Å². The van der Waals surface area contributed by atoms with E-state index < -0.39 is 47.6 Å². The van der Waals surface area contributed by atoms with Crippen molar-refractivity contribution in [1.82, 2.24) is 0 Å².